The molecule has 0 atom stereocenters. The lowest BCUT2D eigenvalue weighted by atomic mass is 9.93. The third kappa shape index (κ3) is 4.80. The van der Waals surface area contributed by atoms with E-state index in [1.54, 1.807) is 29.2 Å². The minimum atomic E-state index is -0.616. The maximum Gasteiger partial charge on any atom is 0.248 e. The monoisotopic (exact) mass is 412 g/mol. The molecule has 0 unspecified atom stereocenters. The van der Waals surface area contributed by atoms with Crippen LogP contribution in [0.25, 0.3) is 6.08 Å². The highest BCUT2D eigenvalue weighted by Crippen LogP contribution is 2.38. The van der Waals surface area contributed by atoms with Gasteiger partial charge in [-0.15, -0.1) is 0 Å². The highest BCUT2D eigenvalue weighted by atomic mass is 35.5. The first-order valence-electron chi connectivity index (χ1n) is 9.64. The molecule has 0 radical (unpaired) electrons. The molecular formula is C23H25ClN2O3. The molecule has 3 rings (SSSR count). The van der Waals surface area contributed by atoms with Crippen LogP contribution in [0, 0.1) is 5.41 Å². The minimum Gasteiger partial charge on any atom is -0.490 e. The molecule has 0 aliphatic carbocycles. The molecule has 2 aromatic carbocycles. The Balaban J connectivity index is 1.80. The maximum absolute atomic E-state index is 12.9. The van der Waals surface area contributed by atoms with Crippen LogP contribution in [0.1, 0.15) is 32.8 Å². The molecule has 1 aliphatic rings. The lowest BCUT2D eigenvalue weighted by Crippen LogP contribution is -2.42. The number of fused-ring (bicyclic) bond motifs is 1. The molecule has 6 heteroatoms. The quantitative estimate of drug-likeness (QED) is 0.690. The van der Waals surface area contributed by atoms with E-state index < -0.39 is 5.41 Å². The molecule has 5 nitrogen and oxygen atoms in total. The minimum absolute atomic E-state index is 0.0394. The van der Waals surface area contributed by atoms with Gasteiger partial charge in [0.05, 0.1) is 11.1 Å². The van der Waals surface area contributed by atoms with Crippen molar-refractivity contribution in [3.63, 3.8) is 0 Å². The molecule has 0 fully saturated rings. The van der Waals surface area contributed by atoms with Crippen LogP contribution in [0.4, 0.5) is 11.4 Å². The first-order chi connectivity index (χ1) is 13.8. The molecule has 0 bridgehead atoms. The number of hydrogen-bond acceptors (Lipinski definition) is 3. The van der Waals surface area contributed by atoms with Crippen LogP contribution >= 0.6 is 11.6 Å². The number of anilines is 2. The van der Waals surface area contributed by atoms with E-state index in [-0.39, 0.29) is 18.4 Å². The van der Waals surface area contributed by atoms with E-state index in [0.29, 0.717) is 23.0 Å². The fraction of sp³-hybridized carbons (Fsp3) is 0.304. The van der Waals surface area contributed by atoms with E-state index in [1.165, 1.54) is 6.08 Å². The van der Waals surface area contributed by atoms with Gasteiger partial charge in [-0.3, -0.25) is 9.59 Å². The van der Waals surface area contributed by atoms with Gasteiger partial charge in [0, 0.05) is 29.4 Å². The average molecular weight is 413 g/mol. The first kappa shape index (κ1) is 20.9. The van der Waals surface area contributed by atoms with Crippen LogP contribution in [-0.4, -0.2) is 25.0 Å². The van der Waals surface area contributed by atoms with E-state index in [9.17, 15) is 9.59 Å². The summed E-state index contributed by atoms with van der Waals surface area (Å²) in [6.45, 7) is 6.69. The van der Waals surface area contributed by atoms with Crippen LogP contribution in [0.2, 0.25) is 5.02 Å². The van der Waals surface area contributed by atoms with Crippen LogP contribution in [0.5, 0.6) is 5.75 Å². The number of ether oxygens (including phenoxy) is 1. The SMILES string of the molecule is CCCN1C(=O)C(C)(C)COc2cc(NC(=O)/C=C/c3ccccc3Cl)ccc21. The van der Waals surface area contributed by atoms with Gasteiger partial charge in [0.1, 0.15) is 12.4 Å². The van der Waals surface area contributed by atoms with Gasteiger partial charge in [0.15, 0.2) is 0 Å². The summed E-state index contributed by atoms with van der Waals surface area (Å²) in [6.07, 6.45) is 3.94. The van der Waals surface area contributed by atoms with Crippen molar-refractivity contribution in [2.75, 3.05) is 23.4 Å². The second-order valence-corrected chi connectivity index (χ2v) is 8.06. The van der Waals surface area contributed by atoms with Gasteiger partial charge in [0.2, 0.25) is 11.8 Å². The second-order valence-electron chi connectivity index (χ2n) is 7.66. The van der Waals surface area contributed by atoms with Crippen molar-refractivity contribution in [1.29, 1.82) is 0 Å². The fourth-order valence-electron chi connectivity index (χ4n) is 3.13. The first-order valence-corrected chi connectivity index (χ1v) is 10.0. The van der Waals surface area contributed by atoms with E-state index in [4.69, 9.17) is 16.3 Å². The summed E-state index contributed by atoms with van der Waals surface area (Å²) in [6, 6.07) is 12.7. The third-order valence-electron chi connectivity index (χ3n) is 4.70. The zero-order valence-electron chi connectivity index (χ0n) is 16.9. The van der Waals surface area contributed by atoms with Crippen molar-refractivity contribution >= 4 is 40.9 Å². The number of nitrogens with zero attached hydrogens (tertiary/aromatic N) is 1. The molecule has 29 heavy (non-hydrogen) atoms. The normalized spacial score (nSPS) is 15.6. The van der Waals surface area contributed by atoms with Crippen molar-refractivity contribution in [2.24, 2.45) is 5.41 Å². The Labute approximate surface area is 176 Å². The number of rotatable bonds is 5. The number of carbonyl (C=O) groups excluding carboxylic acids is 2. The van der Waals surface area contributed by atoms with Crippen molar-refractivity contribution in [2.45, 2.75) is 27.2 Å². The zero-order valence-corrected chi connectivity index (χ0v) is 17.6. The Morgan fingerprint density at radius 1 is 1.28 bits per heavy atom. The molecule has 1 N–H and O–H groups in total. The molecular weight excluding hydrogens is 388 g/mol. The van der Waals surface area contributed by atoms with Gasteiger partial charge in [0.25, 0.3) is 0 Å². The highest BCUT2D eigenvalue weighted by Gasteiger charge is 2.37. The smallest absolute Gasteiger partial charge is 0.248 e. The number of halogens is 1. The van der Waals surface area contributed by atoms with Crippen LogP contribution in [-0.2, 0) is 9.59 Å². The number of amides is 2. The van der Waals surface area contributed by atoms with Crippen LogP contribution in [0.15, 0.2) is 48.5 Å². The largest absolute Gasteiger partial charge is 0.490 e. The summed E-state index contributed by atoms with van der Waals surface area (Å²) < 4.78 is 5.93. The van der Waals surface area contributed by atoms with Crippen molar-refractivity contribution < 1.29 is 14.3 Å². The Bertz CT molecular complexity index is 953. The summed E-state index contributed by atoms with van der Waals surface area (Å²) in [5.74, 6) is 0.350. The Morgan fingerprint density at radius 2 is 2.03 bits per heavy atom. The summed E-state index contributed by atoms with van der Waals surface area (Å²) >= 11 is 6.11. The van der Waals surface area contributed by atoms with E-state index >= 15 is 0 Å². The average Bonchev–Trinajstić information content (AvgIpc) is 2.78. The van der Waals surface area contributed by atoms with E-state index in [0.717, 1.165) is 17.7 Å². The Morgan fingerprint density at radius 3 is 2.76 bits per heavy atom. The summed E-state index contributed by atoms with van der Waals surface area (Å²) in [4.78, 5) is 27.0. The summed E-state index contributed by atoms with van der Waals surface area (Å²) in [5.41, 5.74) is 1.48. The lowest BCUT2D eigenvalue weighted by Gasteiger charge is -2.27. The van der Waals surface area contributed by atoms with Gasteiger partial charge in [-0.05, 0) is 50.1 Å². The topological polar surface area (TPSA) is 58.6 Å². The van der Waals surface area contributed by atoms with Gasteiger partial charge >= 0.3 is 0 Å². The standard InChI is InChI=1S/C23H25ClN2O3/c1-4-13-26-19-11-10-17(14-20(19)29-15-23(2,3)22(26)28)25-21(27)12-9-16-7-5-6-8-18(16)24/h5-12,14H,4,13,15H2,1-3H3,(H,25,27)/b12-9+. The van der Waals surface area contributed by atoms with Gasteiger partial charge < -0.3 is 15.0 Å². The molecule has 0 aromatic heterocycles. The molecule has 0 saturated carbocycles. The molecule has 0 spiro atoms. The van der Waals surface area contributed by atoms with Crippen molar-refractivity contribution in [1.82, 2.24) is 0 Å². The molecule has 0 saturated heterocycles. The van der Waals surface area contributed by atoms with E-state index in [2.05, 4.69) is 5.32 Å². The number of benzene rings is 2. The predicted molar refractivity (Wildman–Crippen MR) is 117 cm³/mol. The highest BCUT2D eigenvalue weighted by molar-refractivity contribution is 6.32. The molecule has 152 valence electrons. The molecule has 1 aliphatic heterocycles. The maximum atomic E-state index is 12.9. The van der Waals surface area contributed by atoms with Crippen LogP contribution in [0.3, 0.4) is 0 Å². The molecule has 2 amide bonds. The van der Waals surface area contributed by atoms with Crippen molar-refractivity contribution in [3.05, 3.63) is 59.1 Å². The van der Waals surface area contributed by atoms with Gasteiger partial charge in [-0.2, -0.15) is 0 Å². The van der Waals surface area contributed by atoms with Crippen molar-refractivity contribution in [3.8, 4) is 5.75 Å². The Kier molecular flexibility index (Phi) is 6.28. The van der Waals surface area contributed by atoms with Gasteiger partial charge in [-0.1, -0.05) is 36.7 Å². The number of nitrogens with one attached hydrogen (secondary N) is 1. The number of carbonyl (C=O) groups is 2. The predicted octanol–water partition coefficient (Wildman–Crippen LogP) is 5.15. The molecule has 2 aromatic rings. The second kappa shape index (κ2) is 8.70. The van der Waals surface area contributed by atoms with Gasteiger partial charge in [-0.25, -0.2) is 0 Å². The van der Waals surface area contributed by atoms with Crippen LogP contribution < -0.4 is 15.0 Å². The van der Waals surface area contributed by atoms with E-state index in [1.807, 2.05) is 45.0 Å². The lowest BCUT2D eigenvalue weighted by molar-refractivity contribution is -0.127. The molecule has 1 heterocycles. The zero-order chi connectivity index (χ0) is 21.0. The number of hydrogen-bond donors (Lipinski definition) is 1. The Hall–Kier alpha value is -2.79. The third-order valence-corrected chi connectivity index (χ3v) is 5.04. The summed E-state index contributed by atoms with van der Waals surface area (Å²) in [7, 11) is 0. The summed E-state index contributed by atoms with van der Waals surface area (Å²) in [5, 5.41) is 3.41. The fourth-order valence-corrected chi connectivity index (χ4v) is 3.33.